The first-order chi connectivity index (χ1) is 15.4. The Morgan fingerprint density at radius 3 is 2.25 bits per heavy atom. The topological polar surface area (TPSA) is 67.3 Å². The van der Waals surface area contributed by atoms with Crippen LogP contribution in [0.15, 0.2) is 66.9 Å². The number of piperidine rings is 1. The van der Waals surface area contributed by atoms with Gasteiger partial charge in [-0.2, -0.15) is 0 Å². The van der Waals surface area contributed by atoms with Crippen LogP contribution in [0.5, 0.6) is 0 Å². The molecular weight excluding hydrogens is 400 g/mol. The number of carbonyl (C=O) groups is 1. The van der Waals surface area contributed by atoms with Gasteiger partial charge in [-0.1, -0.05) is 60.7 Å². The number of nitrogens with one attached hydrogen (secondary N) is 1. The van der Waals surface area contributed by atoms with E-state index in [2.05, 4.69) is 34.5 Å². The molecule has 1 unspecified atom stereocenters. The summed E-state index contributed by atoms with van der Waals surface area (Å²) in [7, 11) is 0. The highest BCUT2D eigenvalue weighted by Crippen LogP contribution is 2.31. The largest absolute Gasteiger partial charge is 0.444 e. The number of hydrogen-bond acceptors (Lipinski definition) is 5. The maximum absolute atomic E-state index is 12.2. The zero-order valence-corrected chi connectivity index (χ0v) is 18.9. The number of alkyl carbamates (subject to hydrolysis) is 1. The second-order valence-corrected chi connectivity index (χ2v) is 9.09. The Kier molecular flexibility index (Phi) is 6.40. The number of rotatable bonds is 4. The molecule has 166 valence electrons. The van der Waals surface area contributed by atoms with E-state index in [1.165, 1.54) is 0 Å². The van der Waals surface area contributed by atoms with Crippen LogP contribution < -0.4 is 10.2 Å². The highest BCUT2D eigenvalue weighted by Gasteiger charge is 2.25. The Morgan fingerprint density at radius 2 is 1.62 bits per heavy atom. The summed E-state index contributed by atoms with van der Waals surface area (Å²) in [5, 5.41) is 3.01. The minimum Gasteiger partial charge on any atom is -0.444 e. The first-order valence-electron chi connectivity index (χ1n) is 11.1. The second-order valence-electron chi connectivity index (χ2n) is 9.09. The summed E-state index contributed by atoms with van der Waals surface area (Å²) in [4.78, 5) is 24.3. The molecular formula is C26H30N4O2. The molecule has 1 atom stereocenters. The van der Waals surface area contributed by atoms with Gasteiger partial charge in [0, 0.05) is 30.3 Å². The summed E-state index contributed by atoms with van der Waals surface area (Å²) in [5.74, 6) is 0.819. The van der Waals surface area contributed by atoms with E-state index in [0.717, 1.165) is 47.7 Å². The van der Waals surface area contributed by atoms with E-state index in [1.807, 2.05) is 63.4 Å². The van der Waals surface area contributed by atoms with Crippen LogP contribution in [0.25, 0.3) is 22.5 Å². The number of benzene rings is 2. The van der Waals surface area contributed by atoms with Crippen LogP contribution in [0.4, 0.5) is 10.6 Å². The molecule has 0 radical (unpaired) electrons. The summed E-state index contributed by atoms with van der Waals surface area (Å²) < 4.78 is 5.43. The van der Waals surface area contributed by atoms with Crippen molar-refractivity contribution in [3.8, 4) is 22.5 Å². The Morgan fingerprint density at radius 1 is 1.00 bits per heavy atom. The fourth-order valence-corrected chi connectivity index (χ4v) is 3.91. The van der Waals surface area contributed by atoms with Crippen LogP contribution in [0.2, 0.25) is 0 Å². The van der Waals surface area contributed by atoms with Crippen LogP contribution in [0.1, 0.15) is 33.6 Å². The molecule has 32 heavy (non-hydrogen) atoms. The van der Waals surface area contributed by atoms with Crippen molar-refractivity contribution >= 4 is 11.9 Å². The van der Waals surface area contributed by atoms with Gasteiger partial charge in [0.1, 0.15) is 11.4 Å². The molecule has 1 aliphatic heterocycles. The van der Waals surface area contributed by atoms with Crippen molar-refractivity contribution in [1.29, 1.82) is 0 Å². The number of amides is 1. The monoisotopic (exact) mass is 430 g/mol. The quantitative estimate of drug-likeness (QED) is 0.608. The molecule has 1 fully saturated rings. The maximum Gasteiger partial charge on any atom is 0.407 e. The highest BCUT2D eigenvalue weighted by molar-refractivity contribution is 5.78. The van der Waals surface area contributed by atoms with E-state index in [4.69, 9.17) is 14.7 Å². The lowest BCUT2D eigenvalue weighted by Gasteiger charge is -2.34. The van der Waals surface area contributed by atoms with Crippen LogP contribution in [0, 0.1) is 0 Å². The van der Waals surface area contributed by atoms with Gasteiger partial charge in [0.05, 0.1) is 17.6 Å². The predicted molar refractivity (Wildman–Crippen MR) is 128 cm³/mol. The minimum absolute atomic E-state index is 0.00868. The number of hydrogen-bond donors (Lipinski definition) is 1. The fourth-order valence-electron chi connectivity index (χ4n) is 3.91. The lowest BCUT2D eigenvalue weighted by molar-refractivity contribution is 0.0500. The van der Waals surface area contributed by atoms with Gasteiger partial charge >= 0.3 is 6.09 Å². The van der Waals surface area contributed by atoms with Gasteiger partial charge in [-0.05, 0) is 33.6 Å². The lowest BCUT2D eigenvalue weighted by atomic mass is 10.0. The van der Waals surface area contributed by atoms with Crippen LogP contribution in [0.3, 0.4) is 0 Å². The average Bonchev–Trinajstić information content (AvgIpc) is 2.79. The van der Waals surface area contributed by atoms with Crippen molar-refractivity contribution in [1.82, 2.24) is 15.3 Å². The minimum atomic E-state index is -0.512. The molecule has 1 aliphatic rings. The molecule has 3 aromatic rings. The third kappa shape index (κ3) is 5.44. The van der Waals surface area contributed by atoms with Gasteiger partial charge in [0.2, 0.25) is 0 Å². The molecule has 1 aromatic heterocycles. The Labute approximate surface area is 189 Å². The van der Waals surface area contributed by atoms with Crippen LogP contribution >= 0.6 is 0 Å². The molecule has 1 saturated heterocycles. The van der Waals surface area contributed by atoms with Gasteiger partial charge in [-0.15, -0.1) is 0 Å². The number of aromatic nitrogens is 2. The van der Waals surface area contributed by atoms with Gasteiger partial charge < -0.3 is 15.0 Å². The van der Waals surface area contributed by atoms with Crippen molar-refractivity contribution in [3.05, 3.63) is 66.9 Å². The smallest absolute Gasteiger partial charge is 0.407 e. The standard InChI is InChI=1S/C26H30N4O2/c1-26(2,3)32-25(31)28-21-15-10-16-30(18-21)22-17-27-23(19-11-6-4-7-12-19)24(29-22)20-13-8-5-9-14-20/h4-9,11-14,17,21H,10,15-16,18H2,1-3H3,(H,28,31). The molecule has 6 heteroatoms. The van der Waals surface area contributed by atoms with E-state index >= 15 is 0 Å². The molecule has 0 spiro atoms. The van der Waals surface area contributed by atoms with Crippen LogP contribution in [-0.4, -0.2) is 40.8 Å². The van der Waals surface area contributed by atoms with Gasteiger partial charge in [0.15, 0.2) is 0 Å². The van der Waals surface area contributed by atoms with Crippen molar-refractivity contribution in [3.63, 3.8) is 0 Å². The van der Waals surface area contributed by atoms with E-state index < -0.39 is 5.60 Å². The summed E-state index contributed by atoms with van der Waals surface area (Å²) in [6.07, 6.45) is 3.34. The van der Waals surface area contributed by atoms with Gasteiger partial charge in [-0.3, -0.25) is 4.98 Å². The first-order valence-corrected chi connectivity index (χ1v) is 11.1. The first kappa shape index (κ1) is 21.8. The van der Waals surface area contributed by atoms with Crippen molar-refractivity contribution in [2.45, 2.75) is 45.3 Å². The molecule has 2 aromatic carbocycles. The number of ether oxygens (including phenoxy) is 1. The van der Waals surface area contributed by atoms with Crippen molar-refractivity contribution in [2.24, 2.45) is 0 Å². The van der Waals surface area contributed by atoms with Gasteiger partial charge in [-0.25, -0.2) is 9.78 Å². The lowest BCUT2D eigenvalue weighted by Crippen LogP contribution is -2.49. The third-order valence-electron chi connectivity index (χ3n) is 5.32. The fraction of sp³-hybridized carbons (Fsp3) is 0.346. The van der Waals surface area contributed by atoms with E-state index in [-0.39, 0.29) is 12.1 Å². The molecule has 1 amide bonds. The zero-order chi connectivity index (χ0) is 22.6. The normalized spacial score (nSPS) is 16.5. The van der Waals surface area contributed by atoms with Crippen molar-refractivity contribution < 1.29 is 9.53 Å². The Balaban J connectivity index is 1.59. The third-order valence-corrected chi connectivity index (χ3v) is 5.32. The molecule has 2 heterocycles. The molecule has 4 rings (SSSR count). The zero-order valence-electron chi connectivity index (χ0n) is 18.9. The number of nitrogens with zero attached hydrogens (tertiary/aromatic N) is 3. The Hall–Kier alpha value is -3.41. The van der Waals surface area contributed by atoms with Crippen molar-refractivity contribution in [2.75, 3.05) is 18.0 Å². The summed E-state index contributed by atoms with van der Waals surface area (Å²) >= 11 is 0. The summed E-state index contributed by atoms with van der Waals surface area (Å²) in [6.45, 7) is 7.16. The predicted octanol–water partition coefficient (Wildman–Crippen LogP) is 5.30. The SMILES string of the molecule is CC(C)(C)OC(=O)NC1CCCN(c2cnc(-c3ccccc3)c(-c3ccccc3)n2)C1. The molecule has 0 bridgehead atoms. The average molecular weight is 431 g/mol. The van der Waals surface area contributed by atoms with E-state index in [9.17, 15) is 4.79 Å². The van der Waals surface area contributed by atoms with Gasteiger partial charge in [0.25, 0.3) is 0 Å². The number of anilines is 1. The van der Waals surface area contributed by atoms with E-state index in [1.54, 1.807) is 0 Å². The molecule has 6 nitrogen and oxygen atoms in total. The number of carbonyl (C=O) groups excluding carboxylic acids is 1. The summed E-state index contributed by atoms with van der Waals surface area (Å²) in [6, 6.07) is 20.3. The Bertz CT molecular complexity index is 1050. The molecule has 0 aliphatic carbocycles. The molecule has 0 saturated carbocycles. The second kappa shape index (κ2) is 9.39. The highest BCUT2D eigenvalue weighted by atomic mass is 16.6. The maximum atomic E-state index is 12.2. The molecule has 1 N–H and O–H groups in total. The summed E-state index contributed by atoms with van der Waals surface area (Å²) in [5.41, 5.74) is 3.27. The van der Waals surface area contributed by atoms with Crippen LogP contribution in [-0.2, 0) is 4.74 Å². The van der Waals surface area contributed by atoms with E-state index in [0.29, 0.717) is 6.54 Å².